The second kappa shape index (κ2) is 3.89. The minimum Gasteiger partial charge on any atom is -0.327 e. The van der Waals surface area contributed by atoms with Gasteiger partial charge in [-0.3, -0.25) is 0 Å². The number of aromatic nitrogens is 2. The van der Waals surface area contributed by atoms with Crippen molar-refractivity contribution >= 4 is 0 Å². The van der Waals surface area contributed by atoms with E-state index in [0.29, 0.717) is 6.04 Å². The standard InChI is InChI=1S/C13H16N2/c1-10-11(2)15(9-14-10)12(3)13-7-5-4-6-8-13/h4-9,12H,1-3H3/t12-/m1/s1. The van der Waals surface area contributed by atoms with Gasteiger partial charge >= 0.3 is 0 Å². The number of nitrogens with zero attached hydrogens (tertiary/aromatic N) is 2. The fourth-order valence-corrected chi connectivity index (χ4v) is 1.80. The van der Waals surface area contributed by atoms with Crippen LogP contribution in [0, 0.1) is 13.8 Å². The van der Waals surface area contributed by atoms with E-state index in [1.165, 1.54) is 11.3 Å². The Labute approximate surface area is 90.6 Å². The monoisotopic (exact) mass is 200 g/mol. The van der Waals surface area contributed by atoms with E-state index in [-0.39, 0.29) is 0 Å². The molecule has 78 valence electrons. The van der Waals surface area contributed by atoms with Crippen LogP contribution in [0.25, 0.3) is 0 Å². The van der Waals surface area contributed by atoms with Crippen LogP contribution in [0.15, 0.2) is 36.7 Å². The molecule has 1 heterocycles. The second-order valence-electron chi connectivity index (χ2n) is 3.91. The van der Waals surface area contributed by atoms with Gasteiger partial charge in [-0.05, 0) is 26.3 Å². The molecule has 0 saturated heterocycles. The van der Waals surface area contributed by atoms with Crippen LogP contribution in [0.1, 0.15) is 29.9 Å². The zero-order valence-electron chi connectivity index (χ0n) is 9.44. The Morgan fingerprint density at radius 2 is 1.80 bits per heavy atom. The van der Waals surface area contributed by atoms with Crippen LogP contribution >= 0.6 is 0 Å². The number of imidazole rings is 1. The summed E-state index contributed by atoms with van der Waals surface area (Å²) < 4.78 is 2.21. The first kappa shape index (κ1) is 9.97. The van der Waals surface area contributed by atoms with Crippen LogP contribution in [-0.4, -0.2) is 9.55 Å². The summed E-state index contributed by atoms with van der Waals surface area (Å²) in [7, 11) is 0. The Kier molecular flexibility index (Phi) is 2.58. The molecule has 0 N–H and O–H groups in total. The van der Waals surface area contributed by atoms with Gasteiger partial charge in [0, 0.05) is 5.69 Å². The number of hydrogen-bond donors (Lipinski definition) is 0. The number of hydrogen-bond acceptors (Lipinski definition) is 1. The summed E-state index contributed by atoms with van der Waals surface area (Å²) in [5.41, 5.74) is 3.67. The highest BCUT2D eigenvalue weighted by Gasteiger charge is 2.10. The number of benzene rings is 1. The lowest BCUT2D eigenvalue weighted by molar-refractivity contribution is 0.622. The minimum absolute atomic E-state index is 0.354. The van der Waals surface area contributed by atoms with E-state index in [2.05, 4.69) is 47.7 Å². The largest absolute Gasteiger partial charge is 0.327 e. The highest BCUT2D eigenvalue weighted by Crippen LogP contribution is 2.20. The van der Waals surface area contributed by atoms with Crippen LogP contribution in [-0.2, 0) is 0 Å². The molecule has 2 aromatic rings. The Bertz CT molecular complexity index is 443. The molecule has 0 aliphatic carbocycles. The van der Waals surface area contributed by atoms with Gasteiger partial charge in [-0.15, -0.1) is 0 Å². The highest BCUT2D eigenvalue weighted by molar-refractivity contribution is 5.21. The molecule has 1 aromatic heterocycles. The van der Waals surface area contributed by atoms with Gasteiger partial charge < -0.3 is 4.57 Å². The zero-order chi connectivity index (χ0) is 10.8. The predicted octanol–water partition coefficient (Wildman–Crippen LogP) is 3.11. The Morgan fingerprint density at radius 1 is 1.13 bits per heavy atom. The van der Waals surface area contributed by atoms with E-state index in [4.69, 9.17) is 0 Å². The van der Waals surface area contributed by atoms with Gasteiger partial charge in [0.15, 0.2) is 0 Å². The fourth-order valence-electron chi connectivity index (χ4n) is 1.80. The lowest BCUT2D eigenvalue weighted by atomic mass is 10.1. The van der Waals surface area contributed by atoms with Crippen molar-refractivity contribution in [3.63, 3.8) is 0 Å². The molecule has 2 heteroatoms. The van der Waals surface area contributed by atoms with Gasteiger partial charge in [-0.2, -0.15) is 0 Å². The molecule has 0 amide bonds. The maximum Gasteiger partial charge on any atom is 0.0957 e. The summed E-state index contributed by atoms with van der Waals surface area (Å²) in [6.45, 7) is 6.36. The maximum absolute atomic E-state index is 4.33. The Hall–Kier alpha value is -1.57. The molecule has 0 bridgehead atoms. The van der Waals surface area contributed by atoms with Crippen molar-refractivity contribution in [2.24, 2.45) is 0 Å². The first-order chi connectivity index (χ1) is 7.20. The molecule has 0 unspecified atom stereocenters. The molecule has 2 nitrogen and oxygen atoms in total. The van der Waals surface area contributed by atoms with Crippen molar-refractivity contribution in [3.8, 4) is 0 Å². The molecule has 1 atom stereocenters. The van der Waals surface area contributed by atoms with Crippen LogP contribution in [0.4, 0.5) is 0 Å². The van der Waals surface area contributed by atoms with Crippen molar-refractivity contribution in [1.82, 2.24) is 9.55 Å². The third-order valence-electron chi connectivity index (χ3n) is 2.99. The van der Waals surface area contributed by atoms with Gasteiger partial charge in [0.05, 0.1) is 18.1 Å². The topological polar surface area (TPSA) is 17.8 Å². The minimum atomic E-state index is 0.354. The molecule has 0 spiro atoms. The van der Waals surface area contributed by atoms with Gasteiger partial charge in [0.25, 0.3) is 0 Å². The van der Waals surface area contributed by atoms with Crippen molar-refractivity contribution < 1.29 is 0 Å². The van der Waals surface area contributed by atoms with Crippen molar-refractivity contribution in [2.75, 3.05) is 0 Å². The molecule has 0 saturated carbocycles. The summed E-state index contributed by atoms with van der Waals surface area (Å²) in [5, 5.41) is 0. The Morgan fingerprint density at radius 3 is 2.33 bits per heavy atom. The van der Waals surface area contributed by atoms with Gasteiger partial charge in [0.1, 0.15) is 0 Å². The molecule has 0 radical (unpaired) electrons. The fraction of sp³-hybridized carbons (Fsp3) is 0.308. The zero-order valence-corrected chi connectivity index (χ0v) is 9.44. The van der Waals surface area contributed by atoms with E-state index in [1.54, 1.807) is 0 Å². The van der Waals surface area contributed by atoms with E-state index in [1.807, 2.05) is 19.3 Å². The van der Waals surface area contributed by atoms with E-state index in [9.17, 15) is 0 Å². The van der Waals surface area contributed by atoms with Crippen molar-refractivity contribution in [1.29, 1.82) is 0 Å². The normalized spacial score (nSPS) is 12.7. The van der Waals surface area contributed by atoms with Gasteiger partial charge in [-0.1, -0.05) is 30.3 Å². The first-order valence-corrected chi connectivity index (χ1v) is 5.25. The van der Waals surface area contributed by atoms with Crippen molar-refractivity contribution in [2.45, 2.75) is 26.8 Å². The third-order valence-corrected chi connectivity index (χ3v) is 2.99. The third kappa shape index (κ3) is 1.80. The Balaban J connectivity index is 2.37. The summed E-state index contributed by atoms with van der Waals surface area (Å²) in [4.78, 5) is 4.33. The smallest absolute Gasteiger partial charge is 0.0957 e. The second-order valence-corrected chi connectivity index (χ2v) is 3.91. The molecule has 0 aliphatic heterocycles. The summed E-state index contributed by atoms with van der Waals surface area (Å²) in [6, 6.07) is 10.9. The van der Waals surface area contributed by atoms with E-state index >= 15 is 0 Å². The lowest BCUT2D eigenvalue weighted by Gasteiger charge is -2.15. The maximum atomic E-state index is 4.33. The molecule has 0 fully saturated rings. The predicted molar refractivity (Wildman–Crippen MR) is 62.0 cm³/mol. The number of aryl methyl sites for hydroxylation is 1. The SMILES string of the molecule is Cc1ncn([C@H](C)c2ccccc2)c1C. The first-order valence-electron chi connectivity index (χ1n) is 5.25. The van der Waals surface area contributed by atoms with Crippen LogP contribution in [0.3, 0.4) is 0 Å². The van der Waals surface area contributed by atoms with E-state index < -0.39 is 0 Å². The van der Waals surface area contributed by atoms with Gasteiger partial charge in [-0.25, -0.2) is 4.98 Å². The molecular formula is C13H16N2. The molecule has 0 aliphatic rings. The molecule has 15 heavy (non-hydrogen) atoms. The molecular weight excluding hydrogens is 184 g/mol. The quantitative estimate of drug-likeness (QED) is 0.728. The summed E-state index contributed by atoms with van der Waals surface area (Å²) in [5.74, 6) is 0. The average Bonchev–Trinajstić information content (AvgIpc) is 2.60. The lowest BCUT2D eigenvalue weighted by Crippen LogP contribution is -2.07. The average molecular weight is 200 g/mol. The van der Waals surface area contributed by atoms with Crippen molar-refractivity contribution in [3.05, 3.63) is 53.6 Å². The summed E-state index contributed by atoms with van der Waals surface area (Å²) in [6.07, 6.45) is 1.92. The molecule has 1 aromatic carbocycles. The van der Waals surface area contributed by atoms with Crippen LogP contribution < -0.4 is 0 Å². The van der Waals surface area contributed by atoms with Crippen LogP contribution in [0.5, 0.6) is 0 Å². The summed E-state index contributed by atoms with van der Waals surface area (Å²) >= 11 is 0. The highest BCUT2D eigenvalue weighted by atomic mass is 15.1. The van der Waals surface area contributed by atoms with Gasteiger partial charge in [0.2, 0.25) is 0 Å². The number of rotatable bonds is 2. The van der Waals surface area contributed by atoms with E-state index in [0.717, 1.165) is 5.69 Å². The molecule has 2 rings (SSSR count). The van der Waals surface area contributed by atoms with Crippen LogP contribution in [0.2, 0.25) is 0 Å².